The van der Waals surface area contributed by atoms with Crippen molar-refractivity contribution in [2.75, 3.05) is 6.61 Å². The first kappa shape index (κ1) is 24.9. The number of carbonyl (C=O) groups is 2. The SMILES string of the molecule is C=CCOc1ccc(C=NNC(=O)C(NC(=O)c2ccc(Cl)cc2Cl)C(C)C)cc1Br. The number of nitrogens with zero attached hydrogens (tertiary/aromatic N) is 1. The fraction of sp³-hybridized carbons (Fsp3) is 0.227. The van der Waals surface area contributed by atoms with E-state index in [1.54, 1.807) is 30.3 Å². The predicted molar refractivity (Wildman–Crippen MR) is 128 cm³/mol. The van der Waals surface area contributed by atoms with E-state index in [2.05, 4.69) is 38.4 Å². The molecule has 0 saturated heterocycles. The Labute approximate surface area is 199 Å². The Morgan fingerprint density at radius 1 is 1.23 bits per heavy atom. The number of benzene rings is 2. The van der Waals surface area contributed by atoms with Crippen LogP contribution in [0, 0.1) is 5.92 Å². The lowest BCUT2D eigenvalue weighted by Gasteiger charge is -2.20. The highest BCUT2D eigenvalue weighted by Crippen LogP contribution is 2.25. The number of hydrazone groups is 1. The van der Waals surface area contributed by atoms with Gasteiger partial charge in [-0.2, -0.15) is 5.10 Å². The number of rotatable bonds is 9. The van der Waals surface area contributed by atoms with Crippen molar-refractivity contribution in [3.8, 4) is 5.75 Å². The van der Waals surface area contributed by atoms with Crippen molar-refractivity contribution in [2.24, 2.45) is 11.0 Å². The number of amides is 2. The van der Waals surface area contributed by atoms with E-state index in [1.807, 2.05) is 13.8 Å². The van der Waals surface area contributed by atoms with Gasteiger partial charge in [0.05, 0.1) is 21.3 Å². The van der Waals surface area contributed by atoms with Gasteiger partial charge in [-0.15, -0.1) is 0 Å². The standard InChI is InChI=1S/C22H22BrCl2N3O3/c1-4-9-31-19-8-5-14(10-17(19)23)12-26-28-22(30)20(13(2)3)27-21(29)16-7-6-15(24)11-18(16)25/h4-8,10-13,20H,1,9H2,2-3H3,(H,27,29)(H,28,30). The van der Waals surface area contributed by atoms with E-state index >= 15 is 0 Å². The van der Waals surface area contributed by atoms with Gasteiger partial charge in [-0.05, 0) is 63.8 Å². The largest absolute Gasteiger partial charge is 0.488 e. The summed E-state index contributed by atoms with van der Waals surface area (Å²) >= 11 is 15.4. The number of halogens is 3. The van der Waals surface area contributed by atoms with Crippen LogP contribution in [-0.4, -0.2) is 30.7 Å². The summed E-state index contributed by atoms with van der Waals surface area (Å²) in [6, 6.07) is 9.11. The molecule has 2 rings (SSSR count). The molecule has 0 aliphatic carbocycles. The second-order valence-electron chi connectivity index (χ2n) is 6.84. The molecule has 0 aliphatic rings. The van der Waals surface area contributed by atoms with Gasteiger partial charge < -0.3 is 10.1 Å². The molecule has 0 heterocycles. The maximum absolute atomic E-state index is 12.6. The Morgan fingerprint density at radius 3 is 2.58 bits per heavy atom. The molecule has 0 radical (unpaired) electrons. The van der Waals surface area contributed by atoms with Crippen molar-refractivity contribution < 1.29 is 14.3 Å². The Balaban J connectivity index is 2.03. The molecule has 0 saturated carbocycles. The molecule has 31 heavy (non-hydrogen) atoms. The molecule has 0 bridgehead atoms. The Kier molecular flexibility index (Phi) is 9.55. The van der Waals surface area contributed by atoms with Crippen molar-refractivity contribution in [3.05, 3.63) is 74.7 Å². The molecule has 1 unspecified atom stereocenters. The summed E-state index contributed by atoms with van der Waals surface area (Å²) in [5, 5.41) is 7.31. The third-order valence-electron chi connectivity index (χ3n) is 4.11. The molecule has 1 atom stereocenters. The monoisotopic (exact) mass is 525 g/mol. The summed E-state index contributed by atoms with van der Waals surface area (Å²) in [6.45, 7) is 7.64. The van der Waals surface area contributed by atoms with Crippen molar-refractivity contribution in [1.29, 1.82) is 0 Å². The Morgan fingerprint density at radius 2 is 1.97 bits per heavy atom. The van der Waals surface area contributed by atoms with Gasteiger partial charge in [0, 0.05) is 5.02 Å². The summed E-state index contributed by atoms with van der Waals surface area (Å²) < 4.78 is 6.24. The van der Waals surface area contributed by atoms with Crippen molar-refractivity contribution >= 4 is 57.2 Å². The van der Waals surface area contributed by atoms with Gasteiger partial charge in [-0.1, -0.05) is 49.7 Å². The van der Waals surface area contributed by atoms with E-state index < -0.39 is 17.9 Å². The highest BCUT2D eigenvalue weighted by Gasteiger charge is 2.25. The molecule has 0 spiro atoms. The minimum Gasteiger partial charge on any atom is -0.488 e. The van der Waals surface area contributed by atoms with Crippen LogP contribution < -0.4 is 15.5 Å². The predicted octanol–water partition coefficient (Wildman–Crippen LogP) is 5.23. The molecular formula is C22H22BrCl2N3O3. The normalized spacial score (nSPS) is 11.9. The van der Waals surface area contributed by atoms with Crippen LogP contribution in [-0.2, 0) is 4.79 Å². The Hall–Kier alpha value is -2.35. The lowest BCUT2D eigenvalue weighted by Crippen LogP contribution is -2.48. The van der Waals surface area contributed by atoms with Gasteiger partial charge >= 0.3 is 0 Å². The molecular weight excluding hydrogens is 505 g/mol. The summed E-state index contributed by atoms with van der Waals surface area (Å²) in [6.07, 6.45) is 3.15. The minimum atomic E-state index is -0.808. The van der Waals surface area contributed by atoms with Crippen LogP contribution in [0.2, 0.25) is 10.0 Å². The number of nitrogens with one attached hydrogen (secondary N) is 2. The molecule has 0 aromatic heterocycles. The van der Waals surface area contributed by atoms with Crippen molar-refractivity contribution in [2.45, 2.75) is 19.9 Å². The highest BCUT2D eigenvalue weighted by molar-refractivity contribution is 9.10. The maximum atomic E-state index is 12.6. The summed E-state index contributed by atoms with van der Waals surface area (Å²) in [5.41, 5.74) is 3.44. The summed E-state index contributed by atoms with van der Waals surface area (Å²) in [5.74, 6) is -0.432. The van der Waals surface area contributed by atoms with Crippen LogP contribution in [0.1, 0.15) is 29.8 Å². The zero-order valence-corrected chi connectivity index (χ0v) is 20.1. The van der Waals surface area contributed by atoms with E-state index in [9.17, 15) is 9.59 Å². The zero-order chi connectivity index (χ0) is 23.0. The molecule has 9 heteroatoms. The van der Waals surface area contributed by atoms with Crippen LogP contribution in [0.4, 0.5) is 0 Å². The second-order valence-corrected chi connectivity index (χ2v) is 8.54. The molecule has 164 valence electrons. The van der Waals surface area contributed by atoms with Crippen LogP contribution in [0.5, 0.6) is 5.75 Å². The van der Waals surface area contributed by atoms with Gasteiger partial charge in [0.2, 0.25) is 0 Å². The van der Waals surface area contributed by atoms with Gasteiger partial charge in [0.1, 0.15) is 18.4 Å². The van der Waals surface area contributed by atoms with Crippen molar-refractivity contribution in [1.82, 2.24) is 10.7 Å². The third-order valence-corrected chi connectivity index (χ3v) is 5.28. The number of carbonyl (C=O) groups excluding carboxylic acids is 2. The van der Waals surface area contributed by atoms with E-state index in [-0.39, 0.29) is 16.5 Å². The molecule has 2 N–H and O–H groups in total. The average Bonchev–Trinajstić information content (AvgIpc) is 2.70. The lowest BCUT2D eigenvalue weighted by atomic mass is 10.0. The molecule has 2 aromatic rings. The van der Waals surface area contributed by atoms with Crippen LogP contribution >= 0.6 is 39.1 Å². The van der Waals surface area contributed by atoms with Crippen molar-refractivity contribution in [3.63, 3.8) is 0 Å². The Bertz CT molecular complexity index is 996. The molecule has 2 aromatic carbocycles. The van der Waals surface area contributed by atoms with E-state index in [0.29, 0.717) is 17.4 Å². The number of hydrogen-bond donors (Lipinski definition) is 2. The fourth-order valence-corrected chi connectivity index (χ4v) is 3.54. The quantitative estimate of drug-likeness (QED) is 0.267. The average molecular weight is 527 g/mol. The van der Waals surface area contributed by atoms with E-state index in [4.69, 9.17) is 27.9 Å². The van der Waals surface area contributed by atoms with Gasteiger partial charge in [-0.25, -0.2) is 5.43 Å². The van der Waals surface area contributed by atoms with E-state index in [1.165, 1.54) is 18.3 Å². The minimum absolute atomic E-state index is 0.180. The third kappa shape index (κ3) is 7.38. The summed E-state index contributed by atoms with van der Waals surface area (Å²) in [7, 11) is 0. The summed E-state index contributed by atoms with van der Waals surface area (Å²) in [4.78, 5) is 25.1. The molecule has 2 amide bonds. The first-order valence-electron chi connectivity index (χ1n) is 9.35. The first-order valence-corrected chi connectivity index (χ1v) is 10.9. The molecule has 0 aliphatic heterocycles. The van der Waals surface area contributed by atoms with Gasteiger partial charge in [0.15, 0.2) is 0 Å². The fourth-order valence-electron chi connectivity index (χ4n) is 2.53. The number of hydrogen-bond acceptors (Lipinski definition) is 4. The first-order chi connectivity index (χ1) is 14.7. The zero-order valence-electron chi connectivity index (χ0n) is 17.0. The second kappa shape index (κ2) is 11.9. The molecule has 6 nitrogen and oxygen atoms in total. The van der Waals surface area contributed by atoms with Gasteiger partial charge in [-0.3, -0.25) is 9.59 Å². The lowest BCUT2D eigenvalue weighted by molar-refractivity contribution is -0.123. The highest BCUT2D eigenvalue weighted by atomic mass is 79.9. The molecule has 0 fully saturated rings. The van der Waals surface area contributed by atoms with E-state index in [0.717, 1.165) is 10.0 Å². The maximum Gasteiger partial charge on any atom is 0.262 e. The van der Waals surface area contributed by atoms with Gasteiger partial charge in [0.25, 0.3) is 11.8 Å². The van der Waals surface area contributed by atoms with Crippen LogP contribution in [0.3, 0.4) is 0 Å². The topological polar surface area (TPSA) is 79.8 Å². The number of ether oxygens (including phenoxy) is 1. The van der Waals surface area contributed by atoms with Crippen LogP contribution in [0.25, 0.3) is 0 Å². The smallest absolute Gasteiger partial charge is 0.262 e. The van der Waals surface area contributed by atoms with Crippen LogP contribution in [0.15, 0.2) is 58.6 Å².